The highest BCUT2D eigenvalue weighted by Gasteiger charge is 2.15. The van der Waals surface area contributed by atoms with Gasteiger partial charge in [0, 0.05) is 4.47 Å². The number of carbonyl (C=O) groups excluding carboxylic acids is 2. The van der Waals surface area contributed by atoms with E-state index in [1.807, 2.05) is 31.2 Å². The molecule has 2 amide bonds. The molecule has 0 spiro atoms. The number of hydrogen-bond acceptors (Lipinski definition) is 5. The lowest BCUT2D eigenvalue weighted by atomic mass is 10.0. The lowest BCUT2D eigenvalue weighted by Crippen LogP contribution is -2.49. The molecule has 30 heavy (non-hydrogen) atoms. The maximum absolute atomic E-state index is 12.5. The molecule has 9 heteroatoms. The Morgan fingerprint density at radius 3 is 2.40 bits per heavy atom. The molecule has 0 aliphatic rings. The van der Waals surface area contributed by atoms with Crippen LogP contribution in [-0.2, 0) is 4.79 Å². The van der Waals surface area contributed by atoms with E-state index < -0.39 is 11.8 Å². The molecule has 0 heterocycles. The van der Waals surface area contributed by atoms with Crippen molar-refractivity contribution in [3.63, 3.8) is 0 Å². The minimum Gasteiger partial charge on any atom is -0.493 e. The first-order valence-electron chi connectivity index (χ1n) is 9.35. The van der Waals surface area contributed by atoms with Gasteiger partial charge in [0.2, 0.25) is 0 Å². The zero-order valence-corrected chi connectivity index (χ0v) is 19.4. The molecule has 0 saturated heterocycles. The van der Waals surface area contributed by atoms with Crippen LogP contribution in [0.4, 0.5) is 0 Å². The Labute approximate surface area is 189 Å². The quantitative estimate of drug-likeness (QED) is 0.402. The number of rotatable bonds is 7. The Balaban J connectivity index is 1.80. The molecule has 0 aliphatic heterocycles. The SMILES string of the molecule is CCOc1ccc(Br)cc1C(=O)NC(=S)NNC(=O)COc1ccc(C(C)C)cc1. The van der Waals surface area contributed by atoms with Crippen molar-refractivity contribution in [2.24, 2.45) is 0 Å². The van der Waals surface area contributed by atoms with Gasteiger partial charge in [-0.2, -0.15) is 0 Å². The van der Waals surface area contributed by atoms with E-state index in [9.17, 15) is 9.59 Å². The molecule has 7 nitrogen and oxygen atoms in total. The summed E-state index contributed by atoms with van der Waals surface area (Å²) in [5.41, 5.74) is 6.36. The number of halogens is 1. The second-order valence-electron chi connectivity index (χ2n) is 6.54. The monoisotopic (exact) mass is 493 g/mol. The summed E-state index contributed by atoms with van der Waals surface area (Å²) >= 11 is 8.38. The van der Waals surface area contributed by atoms with Gasteiger partial charge in [0.05, 0.1) is 12.2 Å². The summed E-state index contributed by atoms with van der Waals surface area (Å²) in [7, 11) is 0. The number of thiocarbonyl (C=S) groups is 1. The lowest BCUT2D eigenvalue weighted by molar-refractivity contribution is -0.123. The Morgan fingerprint density at radius 2 is 1.77 bits per heavy atom. The summed E-state index contributed by atoms with van der Waals surface area (Å²) in [6.45, 7) is 6.24. The molecule has 2 aromatic carbocycles. The molecule has 0 aromatic heterocycles. The Bertz CT molecular complexity index is 904. The Morgan fingerprint density at radius 1 is 1.07 bits per heavy atom. The van der Waals surface area contributed by atoms with E-state index in [0.717, 1.165) is 4.47 Å². The Kier molecular flexibility index (Phi) is 9.07. The van der Waals surface area contributed by atoms with Crippen LogP contribution in [0.3, 0.4) is 0 Å². The van der Waals surface area contributed by atoms with Gasteiger partial charge in [-0.15, -0.1) is 0 Å². The number of ether oxygens (including phenoxy) is 2. The van der Waals surface area contributed by atoms with Crippen molar-refractivity contribution in [1.29, 1.82) is 0 Å². The smallest absolute Gasteiger partial charge is 0.276 e. The minimum absolute atomic E-state index is 0.0583. The average molecular weight is 494 g/mol. The fourth-order valence-corrected chi connectivity index (χ4v) is 2.93. The molecule has 2 rings (SSSR count). The van der Waals surface area contributed by atoms with Crippen molar-refractivity contribution in [1.82, 2.24) is 16.2 Å². The van der Waals surface area contributed by atoms with Crippen molar-refractivity contribution < 1.29 is 19.1 Å². The number of hydrazine groups is 1. The van der Waals surface area contributed by atoms with Gasteiger partial charge in [0.25, 0.3) is 11.8 Å². The molecule has 160 valence electrons. The van der Waals surface area contributed by atoms with E-state index in [1.54, 1.807) is 18.2 Å². The zero-order chi connectivity index (χ0) is 22.1. The Hall–Kier alpha value is -2.65. The third kappa shape index (κ3) is 7.31. The highest BCUT2D eigenvalue weighted by Crippen LogP contribution is 2.23. The summed E-state index contributed by atoms with van der Waals surface area (Å²) in [5, 5.41) is 2.43. The van der Waals surface area contributed by atoms with Crippen molar-refractivity contribution in [2.45, 2.75) is 26.7 Å². The van der Waals surface area contributed by atoms with Crippen molar-refractivity contribution in [3.8, 4) is 11.5 Å². The van der Waals surface area contributed by atoms with Crippen molar-refractivity contribution >= 4 is 45.1 Å². The molecular formula is C21H24BrN3O4S. The summed E-state index contributed by atoms with van der Waals surface area (Å²) in [6, 6.07) is 12.6. The lowest BCUT2D eigenvalue weighted by Gasteiger charge is -2.13. The van der Waals surface area contributed by atoms with E-state index >= 15 is 0 Å². The minimum atomic E-state index is -0.465. The number of nitrogens with one attached hydrogen (secondary N) is 3. The van der Waals surface area contributed by atoms with Gasteiger partial charge in [0.15, 0.2) is 11.7 Å². The predicted octanol–water partition coefficient (Wildman–Crippen LogP) is 3.69. The molecule has 0 saturated carbocycles. The van der Waals surface area contributed by atoms with Crippen molar-refractivity contribution in [3.05, 3.63) is 58.1 Å². The number of hydrogen-bond donors (Lipinski definition) is 3. The van der Waals surface area contributed by atoms with Crippen molar-refractivity contribution in [2.75, 3.05) is 13.2 Å². The molecule has 3 N–H and O–H groups in total. The first-order valence-corrected chi connectivity index (χ1v) is 10.6. The molecule has 0 radical (unpaired) electrons. The second-order valence-corrected chi connectivity index (χ2v) is 7.87. The summed E-state index contributed by atoms with van der Waals surface area (Å²) in [5.74, 6) is 0.528. The molecule has 0 aliphatic carbocycles. The summed E-state index contributed by atoms with van der Waals surface area (Å²) < 4.78 is 11.6. The van der Waals surface area contributed by atoms with Crippen LogP contribution in [0.5, 0.6) is 11.5 Å². The van der Waals surface area contributed by atoms with Crippen LogP contribution in [-0.4, -0.2) is 30.1 Å². The van der Waals surface area contributed by atoms with Crippen LogP contribution >= 0.6 is 28.1 Å². The van der Waals surface area contributed by atoms with Crippen LogP contribution in [0, 0.1) is 0 Å². The third-order valence-electron chi connectivity index (χ3n) is 3.95. The summed E-state index contributed by atoms with van der Waals surface area (Å²) in [6.07, 6.45) is 0. The van der Waals surface area contributed by atoms with Gasteiger partial charge in [-0.25, -0.2) is 0 Å². The molecule has 0 bridgehead atoms. The van der Waals surface area contributed by atoms with Crippen LogP contribution in [0.2, 0.25) is 0 Å². The van der Waals surface area contributed by atoms with Crippen LogP contribution in [0.25, 0.3) is 0 Å². The van der Waals surface area contributed by atoms with Crippen LogP contribution in [0.1, 0.15) is 42.6 Å². The highest BCUT2D eigenvalue weighted by atomic mass is 79.9. The van der Waals surface area contributed by atoms with Gasteiger partial charge in [-0.3, -0.25) is 25.8 Å². The highest BCUT2D eigenvalue weighted by molar-refractivity contribution is 9.10. The predicted molar refractivity (Wildman–Crippen MR) is 123 cm³/mol. The van der Waals surface area contributed by atoms with Gasteiger partial charge in [-0.1, -0.05) is 41.9 Å². The first-order chi connectivity index (χ1) is 14.3. The standard InChI is InChI=1S/C21H24BrN3O4S/c1-4-28-18-10-7-15(22)11-17(18)20(27)23-21(30)25-24-19(26)12-29-16-8-5-14(6-9-16)13(2)3/h5-11,13H,4,12H2,1-3H3,(H,24,26)(H2,23,25,27,30). The zero-order valence-electron chi connectivity index (χ0n) is 17.0. The summed E-state index contributed by atoms with van der Waals surface area (Å²) in [4.78, 5) is 24.4. The van der Waals surface area contributed by atoms with E-state index in [-0.39, 0.29) is 11.7 Å². The van der Waals surface area contributed by atoms with Crippen LogP contribution in [0.15, 0.2) is 46.9 Å². The third-order valence-corrected chi connectivity index (χ3v) is 4.64. The molecular weight excluding hydrogens is 470 g/mol. The average Bonchev–Trinajstić information content (AvgIpc) is 2.72. The van der Waals surface area contributed by atoms with Gasteiger partial charge in [-0.05, 0) is 61.0 Å². The maximum atomic E-state index is 12.5. The molecule has 2 aromatic rings. The van der Waals surface area contributed by atoms with Gasteiger partial charge >= 0.3 is 0 Å². The number of carbonyl (C=O) groups is 2. The van der Waals surface area contributed by atoms with Gasteiger partial charge in [0.1, 0.15) is 11.5 Å². The largest absolute Gasteiger partial charge is 0.493 e. The van der Waals surface area contributed by atoms with E-state index in [1.165, 1.54) is 5.56 Å². The number of amides is 2. The molecule has 0 atom stereocenters. The fourth-order valence-electron chi connectivity index (χ4n) is 2.42. The normalized spacial score (nSPS) is 10.3. The first kappa shape index (κ1) is 23.6. The molecule has 0 unspecified atom stereocenters. The number of benzene rings is 2. The van der Waals surface area contributed by atoms with Crippen LogP contribution < -0.4 is 25.6 Å². The second kappa shape index (κ2) is 11.5. The van der Waals surface area contributed by atoms with E-state index in [2.05, 4.69) is 45.9 Å². The molecule has 0 fully saturated rings. The topological polar surface area (TPSA) is 88.7 Å². The van der Waals surface area contributed by atoms with E-state index in [4.69, 9.17) is 21.7 Å². The fraction of sp³-hybridized carbons (Fsp3) is 0.286. The van der Waals surface area contributed by atoms with E-state index in [0.29, 0.717) is 29.6 Å². The maximum Gasteiger partial charge on any atom is 0.276 e. The van der Waals surface area contributed by atoms with Gasteiger partial charge < -0.3 is 9.47 Å².